The number of amides is 2. The van der Waals surface area contributed by atoms with E-state index in [1.54, 1.807) is 39.6 Å². The minimum absolute atomic E-state index is 0.220. The SMILES string of the molecule is COCCNC(=O)C(CCSC)NC(=O)OC(C)(C)C. The van der Waals surface area contributed by atoms with Crippen LogP contribution in [0, 0.1) is 0 Å². The van der Waals surface area contributed by atoms with Crippen molar-refractivity contribution in [2.24, 2.45) is 0 Å². The van der Waals surface area contributed by atoms with E-state index in [4.69, 9.17) is 9.47 Å². The van der Waals surface area contributed by atoms with Crippen LogP contribution in [0.25, 0.3) is 0 Å². The quantitative estimate of drug-likeness (QED) is 0.663. The zero-order valence-corrected chi connectivity index (χ0v) is 13.8. The second-order valence-electron chi connectivity index (χ2n) is 5.26. The van der Waals surface area contributed by atoms with Crippen LogP contribution in [-0.2, 0) is 14.3 Å². The van der Waals surface area contributed by atoms with Gasteiger partial charge in [-0.2, -0.15) is 11.8 Å². The number of methoxy groups -OCH3 is 1. The molecule has 0 bridgehead atoms. The van der Waals surface area contributed by atoms with Crippen LogP contribution in [0.3, 0.4) is 0 Å². The molecule has 2 N–H and O–H groups in total. The van der Waals surface area contributed by atoms with Gasteiger partial charge in [0.05, 0.1) is 6.61 Å². The molecule has 0 aromatic heterocycles. The molecule has 0 radical (unpaired) electrons. The number of thioether (sulfide) groups is 1. The Labute approximate surface area is 125 Å². The fraction of sp³-hybridized carbons (Fsp3) is 0.846. The van der Waals surface area contributed by atoms with Crippen molar-refractivity contribution in [3.63, 3.8) is 0 Å². The maximum Gasteiger partial charge on any atom is 0.408 e. The van der Waals surface area contributed by atoms with Crippen LogP contribution < -0.4 is 10.6 Å². The Morgan fingerprint density at radius 2 is 1.95 bits per heavy atom. The van der Waals surface area contributed by atoms with Crippen LogP contribution in [-0.4, -0.2) is 55.9 Å². The molecule has 20 heavy (non-hydrogen) atoms. The van der Waals surface area contributed by atoms with Crippen LogP contribution in [0.15, 0.2) is 0 Å². The van der Waals surface area contributed by atoms with Crippen molar-refractivity contribution < 1.29 is 19.1 Å². The first-order valence-corrected chi connectivity index (χ1v) is 7.94. The van der Waals surface area contributed by atoms with Crippen LogP contribution >= 0.6 is 11.8 Å². The van der Waals surface area contributed by atoms with Gasteiger partial charge in [-0.3, -0.25) is 4.79 Å². The largest absolute Gasteiger partial charge is 0.444 e. The van der Waals surface area contributed by atoms with Gasteiger partial charge in [0.2, 0.25) is 5.91 Å². The first-order valence-electron chi connectivity index (χ1n) is 6.55. The number of hydrogen-bond donors (Lipinski definition) is 2. The van der Waals surface area contributed by atoms with Crippen LogP contribution in [0.1, 0.15) is 27.2 Å². The molecule has 2 amide bonds. The van der Waals surface area contributed by atoms with E-state index in [1.165, 1.54) is 0 Å². The summed E-state index contributed by atoms with van der Waals surface area (Å²) >= 11 is 1.62. The van der Waals surface area contributed by atoms with Gasteiger partial charge in [0, 0.05) is 13.7 Å². The number of hydrogen-bond acceptors (Lipinski definition) is 5. The average molecular weight is 306 g/mol. The Balaban J connectivity index is 4.39. The minimum Gasteiger partial charge on any atom is -0.444 e. The van der Waals surface area contributed by atoms with Crippen molar-refractivity contribution in [1.29, 1.82) is 0 Å². The molecule has 0 saturated carbocycles. The zero-order chi connectivity index (χ0) is 15.6. The summed E-state index contributed by atoms with van der Waals surface area (Å²) < 4.78 is 10.0. The second-order valence-corrected chi connectivity index (χ2v) is 6.25. The van der Waals surface area contributed by atoms with E-state index in [1.807, 2.05) is 6.26 Å². The van der Waals surface area contributed by atoms with Crippen molar-refractivity contribution in [2.75, 3.05) is 32.3 Å². The lowest BCUT2D eigenvalue weighted by atomic mass is 10.2. The summed E-state index contributed by atoms with van der Waals surface area (Å²) in [6, 6.07) is -0.589. The van der Waals surface area contributed by atoms with E-state index in [0.29, 0.717) is 19.6 Å². The standard InChI is InChI=1S/C13H26N2O4S/c1-13(2,3)19-12(17)15-10(6-9-20-5)11(16)14-7-8-18-4/h10H,6-9H2,1-5H3,(H,14,16)(H,15,17). The molecule has 0 aliphatic carbocycles. The monoisotopic (exact) mass is 306 g/mol. The van der Waals surface area contributed by atoms with E-state index < -0.39 is 17.7 Å². The fourth-order valence-corrected chi connectivity index (χ4v) is 1.83. The highest BCUT2D eigenvalue weighted by atomic mass is 32.2. The Bertz CT molecular complexity index is 305. The van der Waals surface area contributed by atoms with Crippen LogP contribution in [0.4, 0.5) is 4.79 Å². The molecule has 0 aliphatic heterocycles. The van der Waals surface area contributed by atoms with E-state index in [2.05, 4.69) is 10.6 Å². The summed E-state index contributed by atoms with van der Waals surface area (Å²) in [7, 11) is 1.57. The fourth-order valence-electron chi connectivity index (χ4n) is 1.35. The lowest BCUT2D eigenvalue weighted by Crippen LogP contribution is -2.49. The smallest absolute Gasteiger partial charge is 0.408 e. The highest BCUT2D eigenvalue weighted by Crippen LogP contribution is 2.08. The third kappa shape index (κ3) is 9.91. The molecule has 7 heteroatoms. The maximum atomic E-state index is 12.0. The summed E-state index contributed by atoms with van der Waals surface area (Å²) in [6.45, 7) is 6.20. The van der Waals surface area contributed by atoms with Gasteiger partial charge in [-0.15, -0.1) is 0 Å². The molecule has 0 saturated heterocycles. The molecule has 0 heterocycles. The van der Waals surface area contributed by atoms with E-state index in [0.717, 1.165) is 5.75 Å². The van der Waals surface area contributed by atoms with Gasteiger partial charge in [0.1, 0.15) is 11.6 Å². The van der Waals surface area contributed by atoms with Crippen LogP contribution in [0.5, 0.6) is 0 Å². The summed E-state index contributed by atoms with van der Waals surface area (Å²) in [5.74, 6) is 0.556. The maximum absolute atomic E-state index is 12.0. The molecule has 1 unspecified atom stereocenters. The number of rotatable bonds is 8. The highest BCUT2D eigenvalue weighted by molar-refractivity contribution is 7.98. The van der Waals surface area contributed by atoms with Gasteiger partial charge in [0.15, 0.2) is 0 Å². The van der Waals surface area contributed by atoms with Gasteiger partial charge in [-0.1, -0.05) is 0 Å². The molecule has 0 aliphatic rings. The van der Waals surface area contributed by atoms with Gasteiger partial charge < -0.3 is 20.1 Å². The third-order valence-corrected chi connectivity index (χ3v) is 2.87. The van der Waals surface area contributed by atoms with E-state index in [-0.39, 0.29) is 5.91 Å². The van der Waals surface area contributed by atoms with Gasteiger partial charge in [0.25, 0.3) is 0 Å². The van der Waals surface area contributed by atoms with Crippen molar-refractivity contribution in [3.05, 3.63) is 0 Å². The molecule has 0 spiro atoms. The zero-order valence-electron chi connectivity index (χ0n) is 12.9. The molecule has 1 atom stereocenters. The number of carbonyl (C=O) groups excluding carboxylic acids is 2. The van der Waals surface area contributed by atoms with Gasteiger partial charge in [-0.05, 0) is 39.2 Å². The minimum atomic E-state index is -0.589. The van der Waals surface area contributed by atoms with Crippen molar-refractivity contribution in [2.45, 2.75) is 38.8 Å². The van der Waals surface area contributed by atoms with E-state index >= 15 is 0 Å². The third-order valence-electron chi connectivity index (χ3n) is 2.22. The molecule has 0 rings (SSSR count). The number of ether oxygens (including phenoxy) is 2. The summed E-state index contributed by atoms with van der Waals surface area (Å²) in [4.78, 5) is 23.7. The van der Waals surface area contributed by atoms with Crippen molar-refractivity contribution in [1.82, 2.24) is 10.6 Å². The molecular formula is C13H26N2O4S. The molecule has 6 nitrogen and oxygen atoms in total. The Kier molecular flexibility index (Phi) is 9.41. The summed E-state index contributed by atoms with van der Waals surface area (Å²) in [5, 5.41) is 5.33. The van der Waals surface area contributed by atoms with Gasteiger partial charge in [-0.25, -0.2) is 4.79 Å². The summed E-state index contributed by atoms with van der Waals surface area (Å²) in [5.41, 5.74) is -0.583. The Morgan fingerprint density at radius 1 is 1.30 bits per heavy atom. The lowest BCUT2D eigenvalue weighted by molar-refractivity contribution is -0.123. The van der Waals surface area contributed by atoms with E-state index in [9.17, 15) is 9.59 Å². The topological polar surface area (TPSA) is 76.7 Å². The number of alkyl carbamates (subject to hydrolysis) is 1. The molecule has 0 fully saturated rings. The summed E-state index contributed by atoms with van der Waals surface area (Å²) in [6.07, 6.45) is 1.93. The Hall–Kier alpha value is -0.950. The second kappa shape index (κ2) is 9.88. The first kappa shape index (κ1) is 19.1. The first-order chi connectivity index (χ1) is 9.30. The predicted octanol–water partition coefficient (Wildman–Crippen LogP) is 1.40. The molecule has 0 aromatic carbocycles. The van der Waals surface area contributed by atoms with Crippen molar-refractivity contribution >= 4 is 23.8 Å². The molecule has 0 aromatic rings. The number of nitrogens with one attached hydrogen (secondary N) is 2. The average Bonchev–Trinajstić information content (AvgIpc) is 2.32. The van der Waals surface area contributed by atoms with Gasteiger partial charge >= 0.3 is 6.09 Å². The lowest BCUT2D eigenvalue weighted by Gasteiger charge is -2.23. The molecular weight excluding hydrogens is 280 g/mol. The van der Waals surface area contributed by atoms with Crippen molar-refractivity contribution in [3.8, 4) is 0 Å². The normalized spacial score (nSPS) is 12.7. The van der Waals surface area contributed by atoms with Crippen LogP contribution in [0.2, 0.25) is 0 Å². The molecule has 118 valence electrons. The highest BCUT2D eigenvalue weighted by Gasteiger charge is 2.23. The number of carbonyl (C=O) groups is 2. The predicted molar refractivity (Wildman–Crippen MR) is 81.0 cm³/mol. The Morgan fingerprint density at radius 3 is 2.45 bits per heavy atom.